The molecule has 0 spiro atoms. The van der Waals surface area contributed by atoms with Crippen LogP contribution in [-0.4, -0.2) is 44.9 Å². The Bertz CT molecular complexity index is 1090. The topological polar surface area (TPSA) is 66.9 Å². The highest BCUT2D eigenvalue weighted by Crippen LogP contribution is 2.35. The number of methoxy groups -OCH3 is 1. The van der Waals surface area contributed by atoms with Crippen molar-refractivity contribution in [3.05, 3.63) is 59.7 Å². The monoisotopic (exact) mass is 440 g/mol. The maximum atomic E-state index is 13.0. The van der Waals surface area contributed by atoms with Crippen molar-refractivity contribution >= 4 is 27.7 Å². The van der Waals surface area contributed by atoms with Crippen LogP contribution in [0.3, 0.4) is 0 Å². The average Bonchev–Trinajstić information content (AvgIpc) is 3.13. The summed E-state index contributed by atoms with van der Waals surface area (Å²) in [5.41, 5.74) is 2.59. The number of piperidine rings is 1. The van der Waals surface area contributed by atoms with Crippen LogP contribution in [0.1, 0.15) is 37.3 Å². The van der Waals surface area contributed by atoms with Crippen LogP contribution in [0.2, 0.25) is 0 Å². The quantitative estimate of drug-likeness (QED) is 0.662. The summed E-state index contributed by atoms with van der Waals surface area (Å²) in [6, 6.07) is 12.6. The number of rotatable bonds is 5. The predicted molar refractivity (Wildman–Crippen MR) is 122 cm³/mol. The van der Waals surface area contributed by atoms with E-state index in [1.807, 2.05) is 31.2 Å². The van der Waals surface area contributed by atoms with Crippen LogP contribution in [0.5, 0.6) is 5.75 Å². The normalized spacial score (nSPS) is 19.5. The summed E-state index contributed by atoms with van der Waals surface area (Å²) in [6.07, 6.45) is 6.87. The molecule has 31 heavy (non-hydrogen) atoms. The molecule has 2 heterocycles. The van der Waals surface area contributed by atoms with E-state index in [-0.39, 0.29) is 11.9 Å². The first-order chi connectivity index (χ1) is 14.9. The van der Waals surface area contributed by atoms with Gasteiger partial charge in [0, 0.05) is 30.9 Å². The van der Waals surface area contributed by atoms with Crippen molar-refractivity contribution < 1.29 is 17.9 Å². The number of fused-ring (bicyclic) bond motifs is 1. The van der Waals surface area contributed by atoms with Crippen LogP contribution in [0.15, 0.2) is 53.4 Å². The number of ether oxygens (including phenoxy) is 1. The molecule has 0 bridgehead atoms. The van der Waals surface area contributed by atoms with E-state index in [0.717, 1.165) is 41.8 Å². The zero-order valence-corrected chi connectivity index (χ0v) is 18.8. The largest absolute Gasteiger partial charge is 0.497 e. The molecule has 7 heteroatoms. The molecule has 0 unspecified atom stereocenters. The highest BCUT2D eigenvalue weighted by molar-refractivity contribution is 7.89. The lowest BCUT2D eigenvalue weighted by Crippen LogP contribution is -2.35. The van der Waals surface area contributed by atoms with E-state index in [1.54, 1.807) is 46.7 Å². The lowest BCUT2D eigenvalue weighted by Gasteiger charge is -2.26. The lowest BCUT2D eigenvalue weighted by atomic mass is 10.1. The highest BCUT2D eigenvalue weighted by atomic mass is 32.2. The number of benzene rings is 2. The number of hydrogen-bond acceptors (Lipinski definition) is 4. The Morgan fingerprint density at radius 2 is 1.77 bits per heavy atom. The van der Waals surface area contributed by atoms with Gasteiger partial charge in [-0.1, -0.05) is 18.6 Å². The summed E-state index contributed by atoms with van der Waals surface area (Å²) in [6.45, 7) is 3.14. The molecule has 0 N–H and O–H groups in total. The van der Waals surface area contributed by atoms with Gasteiger partial charge in [0.1, 0.15) is 5.75 Å². The number of amides is 1. The summed E-state index contributed by atoms with van der Waals surface area (Å²) >= 11 is 0. The third kappa shape index (κ3) is 4.38. The van der Waals surface area contributed by atoms with Gasteiger partial charge in [-0.05, 0) is 73.7 Å². The molecule has 0 saturated carbocycles. The predicted octanol–water partition coefficient (Wildman–Crippen LogP) is 3.86. The summed E-state index contributed by atoms with van der Waals surface area (Å²) in [5.74, 6) is 0.648. The van der Waals surface area contributed by atoms with Gasteiger partial charge in [-0.2, -0.15) is 4.31 Å². The Morgan fingerprint density at radius 1 is 1.06 bits per heavy atom. The van der Waals surface area contributed by atoms with Gasteiger partial charge in [0.2, 0.25) is 10.0 Å². The van der Waals surface area contributed by atoms with Crippen molar-refractivity contribution in [1.82, 2.24) is 4.31 Å². The van der Waals surface area contributed by atoms with Gasteiger partial charge in [-0.15, -0.1) is 0 Å². The van der Waals surface area contributed by atoms with Crippen LogP contribution >= 0.6 is 0 Å². The number of hydrogen-bond donors (Lipinski definition) is 0. The van der Waals surface area contributed by atoms with Crippen molar-refractivity contribution in [1.29, 1.82) is 0 Å². The van der Waals surface area contributed by atoms with Gasteiger partial charge >= 0.3 is 0 Å². The molecule has 2 aromatic rings. The SMILES string of the molecule is COc1ccc(/C=C/C(=O)N2c3ccc(S(=O)(=O)N4CCCCC4)cc3C[C@H]2C)cc1. The fourth-order valence-electron chi connectivity index (χ4n) is 4.32. The number of carbonyl (C=O) groups excluding carboxylic acids is 1. The molecule has 164 valence electrons. The maximum Gasteiger partial charge on any atom is 0.251 e. The fraction of sp³-hybridized carbons (Fsp3) is 0.375. The summed E-state index contributed by atoms with van der Waals surface area (Å²) in [4.78, 5) is 15.0. The molecular weight excluding hydrogens is 412 g/mol. The van der Waals surface area contributed by atoms with Gasteiger partial charge in [-0.25, -0.2) is 8.42 Å². The minimum Gasteiger partial charge on any atom is -0.497 e. The van der Waals surface area contributed by atoms with E-state index in [0.29, 0.717) is 24.4 Å². The molecule has 2 aliphatic rings. The van der Waals surface area contributed by atoms with E-state index in [2.05, 4.69) is 0 Å². The molecule has 2 aliphatic heterocycles. The van der Waals surface area contributed by atoms with Crippen molar-refractivity contribution in [2.45, 2.75) is 43.5 Å². The van der Waals surface area contributed by atoms with Crippen molar-refractivity contribution in [2.24, 2.45) is 0 Å². The molecule has 2 aromatic carbocycles. The highest BCUT2D eigenvalue weighted by Gasteiger charge is 2.32. The zero-order chi connectivity index (χ0) is 22.0. The fourth-order valence-corrected chi connectivity index (χ4v) is 5.89. The van der Waals surface area contributed by atoms with E-state index in [4.69, 9.17) is 4.74 Å². The van der Waals surface area contributed by atoms with Crippen LogP contribution < -0.4 is 9.64 Å². The van der Waals surface area contributed by atoms with Gasteiger partial charge in [0.15, 0.2) is 0 Å². The minimum absolute atomic E-state index is 0.0315. The van der Waals surface area contributed by atoms with Crippen molar-refractivity contribution in [3.8, 4) is 5.75 Å². The Labute approximate surface area is 184 Å². The summed E-state index contributed by atoms with van der Waals surface area (Å²) < 4.78 is 32.8. The molecule has 1 fully saturated rings. The van der Waals surface area contributed by atoms with Crippen molar-refractivity contribution in [2.75, 3.05) is 25.1 Å². The average molecular weight is 441 g/mol. The molecular formula is C24H28N2O4S. The smallest absolute Gasteiger partial charge is 0.251 e. The zero-order valence-electron chi connectivity index (χ0n) is 18.0. The molecule has 4 rings (SSSR count). The second-order valence-electron chi connectivity index (χ2n) is 8.12. The van der Waals surface area contributed by atoms with E-state index in [1.165, 1.54) is 0 Å². The minimum atomic E-state index is -3.49. The van der Waals surface area contributed by atoms with Crippen molar-refractivity contribution in [3.63, 3.8) is 0 Å². The number of carbonyl (C=O) groups is 1. The van der Waals surface area contributed by atoms with E-state index < -0.39 is 10.0 Å². The lowest BCUT2D eigenvalue weighted by molar-refractivity contribution is -0.114. The standard InChI is InChI=1S/C24H28N2O4S/c1-18-16-20-17-22(31(28,29)25-14-4-3-5-15-25)11-12-23(20)26(18)24(27)13-8-19-6-9-21(30-2)10-7-19/h6-13,17-18H,3-5,14-16H2,1-2H3/b13-8+/t18-/m1/s1. The molecule has 0 aliphatic carbocycles. The summed E-state index contributed by atoms with van der Waals surface area (Å²) in [7, 11) is -1.87. The molecule has 0 radical (unpaired) electrons. The number of nitrogens with zero attached hydrogens (tertiary/aromatic N) is 2. The van der Waals surface area contributed by atoms with E-state index in [9.17, 15) is 13.2 Å². The second-order valence-corrected chi connectivity index (χ2v) is 10.1. The maximum absolute atomic E-state index is 13.0. The van der Waals surface area contributed by atoms with Crippen LogP contribution in [0.4, 0.5) is 5.69 Å². The van der Waals surface area contributed by atoms with Crippen LogP contribution in [0.25, 0.3) is 6.08 Å². The van der Waals surface area contributed by atoms with Crippen LogP contribution in [0, 0.1) is 0 Å². The molecule has 1 atom stereocenters. The second kappa shape index (κ2) is 8.85. The first kappa shape index (κ1) is 21.6. The first-order valence-corrected chi connectivity index (χ1v) is 12.1. The number of anilines is 1. The van der Waals surface area contributed by atoms with Gasteiger partial charge in [0.05, 0.1) is 12.0 Å². The van der Waals surface area contributed by atoms with Gasteiger partial charge < -0.3 is 9.64 Å². The van der Waals surface area contributed by atoms with Gasteiger partial charge in [0.25, 0.3) is 5.91 Å². The Kier molecular flexibility index (Phi) is 6.16. The molecule has 0 aromatic heterocycles. The Morgan fingerprint density at radius 3 is 2.45 bits per heavy atom. The summed E-state index contributed by atoms with van der Waals surface area (Å²) in [5, 5.41) is 0. The van der Waals surface area contributed by atoms with E-state index >= 15 is 0 Å². The molecule has 1 amide bonds. The Balaban J connectivity index is 1.54. The molecule has 6 nitrogen and oxygen atoms in total. The third-order valence-electron chi connectivity index (χ3n) is 5.99. The Hall–Kier alpha value is -2.64. The number of sulfonamides is 1. The molecule has 1 saturated heterocycles. The van der Waals surface area contributed by atoms with Crippen LogP contribution in [-0.2, 0) is 21.2 Å². The third-order valence-corrected chi connectivity index (χ3v) is 7.89. The first-order valence-electron chi connectivity index (χ1n) is 10.7. The van der Waals surface area contributed by atoms with Gasteiger partial charge in [-0.3, -0.25) is 4.79 Å².